The second-order valence-corrected chi connectivity index (χ2v) is 4.26. The summed E-state index contributed by atoms with van der Waals surface area (Å²) in [6, 6.07) is 8.25. The number of thioether (sulfide) groups is 1. The zero-order chi connectivity index (χ0) is 10.4. The third-order valence-corrected chi connectivity index (χ3v) is 2.85. The molecule has 0 aliphatic carbocycles. The molecule has 0 spiro atoms. The van der Waals surface area contributed by atoms with E-state index in [1.807, 2.05) is 18.4 Å². The molecule has 1 nitrogen and oxygen atoms in total. The maximum atomic E-state index is 11.3. The highest BCUT2D eigenvalue weighted by Crippen LogP contribution is 2.10. The second-order valence-electron chi connectivity index (χ2n) is 3.40. The molecule has 76 valence electrons. The van der Waals surface area contributed by atoms with Crippen LogP contribution >= 0.6 is 11.8 Å². The fraction of sp³-hybridized carbons (Fsp3) is 0.417. The number of ketones is 1. The lowest BCUT2D eigenvalue weighted by molar-refractivity contribution is -0.116. The molecule has 0 unspecified atom stereocenters. The van der Waals surface area contributed by atoms with Crippen LogP contribution in [0.4, 0.5) is 0 Å². The molecule has 0 aromatic heterocycles. The van der Waals surface area contributed by atoms with Crippen LogP contribution in [-0.2, 0) is 11.2 Å². The van der Waals surface area contributed by atoms with Gasteiger partial charge in [0, 0.05) is 6.42 Å². The maximum Gasteiger partial charge on any atom is 0.143 e. The number of benzene rings is 1. The first-order valence-corrected chi connectivity index (χ1v) is 6.18. The van der Waals surface area contributed by atoms with Crippen LogP contribution in [0.3, 0.4) is 0 Å². The molecule has 1 aromatic rings. The lowest BCUT2D eigenvalue weighted by Crippen LogP contribution is -2.03. The van der Waals surface area contributed by atoms with Crippen molar-refractivity contribution in [2.75, 3.05) is 12.0 Å². The van der Waals surface area contributed by atoms with E-state index < -0.39 is 0 Å². The molecule has 0 N–H and O–H groups in total. The van der Waals surface area contributed by atoms with Crippen molar-refractivity contribution in [1.29, 1.82) is 0 Å². The van der Waals surface area contributed by atoms with Gasteiger partial charge < -0.3 is 0 Å². The van der Waals surface area contributed by atoms with Crippen molar-refractivity contribution in [3.8, 4) is 0 Å². The van der Waals surface area contributed by atoms with Crippen LogP contribution in [0.25, 0.3) is 0 Å². The third-order valence-electron chi connectivity index (χ3n) is 2.24. The highest BCUT2D eigenvalue weighted by Gasteiger charge is 2.02. The van der Waals surface area contributed by atoms with Crippen molar-refractivity contribution in [3.63, 3.8) is 0 Å². The molecule has 1 aromatic carbocycles. The summed E-state index contributed by atoms with van der Waals surface area (Å²) in [5.41, 5.74) is 2.58. The average Bonchev–Trinajstić information content (AvgIpc) is 2.17. The van der Waals surface area contributed by atoms with E-state index in [1.54, 1.807) is 11.8 Å². The summed E-state index contributed by atoms with van der Waals surface area (Å²) in [5, 5.41) is 0. The molecule has 0 saturated carbocycles. The van der Waals surface area contributed by atoms with Crippen molar-refractivity contribution in [2.24, 2.45) is 0 Å². The number of carbonyl (C=O) groups excluding carboxylic acids is 1. The van der Waals surface area contributed by atoms with E-state index in [2.05, 4.69) is 19.1 Å². The Kier molecular flexibility index (Phi) is 4.74. The Hall–Kier alpha value is -0.760. The Bertz CT molecular complexity index is 307. The number of Topliss-reactive ketones (excluding diaryl/α,β-unsaturated/α-hetero) is 1. The number of rotatable bonds is 5. The van der Waals surface area contributed by atoms with Gasteiger partial charge in [-0.15, -0.1) is 0 Å². The van der Waals surface area contributed by atoms with Crippen LogP contribution < -0.4 is 0 Å². The number of hydrogen-bond acceptors (Lipinski definition) is 2. The molecule has 0 aliphatic heterocycles. The number of hydrogen-bond donors (Lipinski definition) is 0. The quantitative estimate of drug-likeness (QED) is 0.740. The van der Waals surface area contributed by atoms with Crippen LogP contribution in [0.5, 0.6) is 0 Å². The van der Waals surface area contributed by atoms with Crippen LogP contribution in [0.2, 0.25) is 0 Å². The normalized spacial score (nSPS) is 10.1. The van der Waals surface area contributed by atoms with Gasteiger partial charge in [0.15, 0.2) is 0 Å². The van der Waals surface area contributed by atoms with Crippen LogP contribution in [-0.4, -0.2) is 17.8 Å². The van der Waals surface area contributed by atoms with E-state index in [0.717, 1.165) is 6.42 Å². The van der Waals surface area contributed by atoms with E-state index in [9.17, 15) is 4.79 Å². The summed E-state index contributed by atoms with van der Waals surface area (Å²) in [6.07, 6.45) is 3.52. The molecule has 0 heterocycles. The van der Waals surface area contributed by atoms with Gasteiger partial charge >= 0.3 is 0 Å². The van der Waals surface area contributed by atoms with Crippen LogP contribution in [0.1, 0.15) is 17.5 Å². The Morgan fingerprint density at radius 1 is 1.36 bits per heavy atom. The molecule has 0 radical (unpaired) electrons. The van der Waals surface area contributed by atoms with Crippen molar-refractivity contribution < 1.29 is 4.79 Å². The van der Waals surface area contributed by atoms with E-state index in [-0.39, 0.29) is 0 Å². The number of carbonyl (C=O) groups is 1. The van der Waals surface area contributed by atoms with E-state index in [1.165, 1.54) is 11.1 Å². The molecule has 2 heteroatoms. The van der Waals surface area contributed by atoms with Gasteiger partial charge in [0.1, 0.15) is 5.78 Å². The Balaban J connectivity index is 2.46. The van der Waals surface area contributed by atoms with Crippen molar-refractivity contribution in [3.05, 3.63) is 35.4 Å². The molecule has 0 bridgehead atoms. The molecule has 0 fully saturated rings. The molecule has 0 aliphatic rings. The molecule has 14 heavy (non-hydrogen) atoms. The van der Waals surface area contributed by atoms with Gasteiger partial charge in [-0.2, -0.15) is 11.8 Å². The highest BCUT2D eigenvalue weighted by molar-refractivity contribution is 7.99. The summed E-state index contributed by atoms with van der Waals surface area (Å²) in [7, 11) is 0. The minimum Gasteiger partial charge on any atom is -0.299 e. The molecular weight excluding hydrogens is 192 g/mol. The van der Waals surface area contributed by atoms with Crippen molar-refractivity contribution in [2.45, 2.75) is 19.8 Å². The van der Waals surface area contributed by atoms with Gasteiger partial charge in [-0.05, 0) is 30.7 Å². The second kappa shape index (κ2) is 5.86. The molecule has 0 saturated heterocycles. The largest absolute Gasteiger partial charge is 0.299 e. The Labute approximate surface area is 89.9 Å². The zero-order valence-corrected chi connectivity index (χ0v) is 9.56. The van der Waals surface area contributed by atoms with Crippen LogP contribution in [0.15, 0.2) is 24.3 Å². The smallest absolute Gasteiger partial charge is 0.143 e. The van der Waals surface area contributed by atoms with Gasteiger partial charge in [0.2, 0.25) is 0 Å². The molecular formula is C12H16OS. The van der Waals surface area contributed by atoms with Crippen molar-refractivity contribution in [1.82, 2.24) is 0 Å². The summed E-state index contributed by atoms with van der Waals surface area (Å²) in [6.45, 7) is 2.09. The van der Waals surface area contributed by atoms with Crippen molar-refractivity contribution >= 4 is 17.5 Å². The Morgan fingerprint density at radius 3 is 2.71 bits per heavy atom. The fourth-order valence-electron chi connectivity index (χ4n) is 1.40. The van der Waals surface area contributed by atoms with Gasteiger partial charge in [0.05, 0.1) is 5.75 Å². The zero-order valence-electron chi connectivity index (χ0n) is 8.75. The Morgan fingerprint density at radius 2 is 2.07 bits per heavy atom. The standard InChI is InChI=1S/C12H16OS/c1-10-5-3-4-6-11(10)7-8-12(13)9-14-2/h3-6H,7-9H2,1-2H3. The number of aryl methyl sites for hydroxylation is 2. The summed E-state index contributed by atoms with van der Waals surface area (Å²) in [4.78, 5) is 11.3. The average molecular weight is 208 g/mol. The lowest BCUT2D eigenvalue weighted by atomic mass is 10.0. The first-order valence-electron chi connectivity index (χ1n) is 4.79. The first-order chi connectivity index (χ1) is 6.74. The van der Waals surface area contributed by atoms with Gasteiger partial charge in [-0.3, -0.25) is 4.79 Å². The van der Waals surface area contributed by atoms with Gasteiger partial charge in [0.25, 0.3) is 0 Å². The van der Waals surface area contributed by atoms with Crippen LogP contribution in [0, 0.1) is 6.92 Å². The predicted octanol–water partition coefficient (Wildman–Crippen LogP) is 2.86. The maximum absolute atomic E-state index is 11.3. The van der Waals surface area contributed by atoms with E-state index >= 15 is 0 Å². The summed E-state index contributed by atoms with van der Waals surface area (Å²) in [5.74, 6) is 0.993. The lowest BCUT2D eigenvalue weighted by Gasteiger charge is -2.03. The predicted molar refractivity (Wildman–Crippen MR) is 62.9 cm³/mol. The molecule has 0 atom stereocenters. The monoisotopic (exact) mass is 208 g/mol. The molecule has 0 amide bonds. The highest BCUT2D eigenvalue weighted by atomic mass is 32.2. The van der Waals surface area contributed by atoms with E-state index in [4.69, 9.17) is 0 Å². The summed E-state index contributed by atoms with van der Waals surface area (Å²) >= 11 is 1.60. The first kappa shape index (κ1) is 11.3. The van der Waals surface area contributed by atoms with Gasteiger partial charge in [-0.25, -0.2) is 0 Å². The van der Waals surface area contributed by atoms with E-state index in [0.29, 0.717) is 18.0 Å². The summed E-state index contributed by atoms with van der Waals surface area (Å²) < 4.78 is 0. The third kappa shape index (κ3) is 3.54. The SMILES string of the molecule is CSCC(=O)CCc1ccccc1C. The molecule has 1 rings (SSSR count). The van der Waals surface area contributed by atoms with Gasteiger partial charge in [-0.1, -0.05) is 24.3 Å². The minimum atomic E-state index is 0.348. The fourth-order valence-corrected chi connectivity index (χ4v) is 1.86. The minimum absolute atomic E-state index is 0.348. The topological polar surface area (TPSA) is 17.1 Å².